The second-order valence-electron chi connectivity index (χ2n) is 5.10. The molecular formula is C10H19N. The van der Waals surface area contributed by atoms with Crippen molar-refractivity contribution in [3.63, 3.8) is 0 Å². The lowest BCUT2D eigenvalue weighted by molar-refractivity contribution is 0.380. The molecule has 0 aromatic heterocycles. The lowest BCUT2D eigenvalue weighted by Gasteiger charge is -2.14. The van der Waals surface area contributed by atoms with Crippen molar-refractivity contribution in [2.45, 2.75) is 45.6 Å². The highest BCUT2D eigenvalue weighted by Crippen LogP contribution is 2.60. The van der Waals surface area contributed by atoms with Crippen molar-refractivity contribution in [3.8, 4) is 0 Å². The van der Waals surface area contributed by atoms with E-state index in [9.17, 15) is 0 Å². The zero-order valence-corrected chi connectivity index (χ0v) is 7.64. The third-order valence-electron chi connectivity index (χ3n) is 3.65. The molecule has 0 spiro atoms. The first kappa shape index (κ1) is 7.60. The molecule has 0 aromatic carbocycles. The molecule has 64 valence electrons. The fraction of sp³-hybridized carbons (Fsp3) is 1.00. The first-order valence-corrected chi connectivity index (χ1v) is 4.86. The number of hydrogen-bond acceptors (Lipinski definition) is 1. The maximum Gasteiger partial charge on any atom is 0.00442 e. The highest BCUT2D eigenvalue weighted by Gasteiger charge is 2.51. The Balaban J connectivity index is 2.05. The maximum atomic E-state index is 6.00. The van der Waals surface area contributed by atoms with Crippen LogP contribution in [0.2, 0.25) is 0 Å². The van der Waals surface area contributed by atoms with E-state index >= 15 is 0 Å². The van der Waals surface area contributed by atoms with Gasteiger partial charge in [-0.15, -0.1) is 0 Å². The average molecular weight is 153 g/mol. The fourth-order valence-electron chi connectivity index (χ4n) is 2.98. The van der Waals surface area contributed by atoms with Gasteiger partial charge >= 0.3 is 0 Å². The lowest BCUT2D eigenvalue weighted by Crippen LogP contribution is -2.21. The Hall–Kier alpha value is -0.0400. The zero-order chi connectivity index (χ0) is 8.06. The summed E-state index contributed by atoms with van der Waals surface area (Å²) in [5.74, 6) is 1.84. The summed E-state index contributed by atoms with van der Waals surface area (Å²) in [6.07, 6.45) is 5.42. The summed E-state index contributed by atoms with van der Waals surface area (Å²) in [6, 6.07) is 0.499. The van der Waals surface area contributed by atoms with E-state index in [2.05, 4.69) is 13.8 Å². The summed E-state index contributed by atoms with van der Waals surface area (Å²) in [4.78, 5) is 0. The van der Waals surface area contributed by atoms with Crippen LogP contribution in [0.15, 0.2) is 0 Å². The number of nitrogens with two attached hydrogens (primary N) is 1. The molecule has 2 aliphatic carbocycles. The summed E-state index contributed by atoms with van der Waals surface area (Å²) in [6.45, 7) is 4.79. The van der Waals surface area contributed by atoms with Gasteiger partial charge in [0.15, 0.2) is 0 Å². The quantitative estimate of drug-likeness (QED) is 0.567. The van der Waals surface area contributed by atoms with Gasteiger partial charge in [-0.2, -0.15) is 0 Å². The Morgan fingerprint density at radius 3 is 2.73 bits per heavy atom. The standard InChI is InChI=1S/C10H19N/c1-7-3-9(11)4-8-6-10(8,2)5-7/h7-9H,3-6,11H2,1-2H3/t7-,8+,9-,10?/m1/s1. The number of fused-ring (bicyclic) bond motifs is 1. The van der Waals surface area contributed by atoms with Crippen molar-refractivity contribution in [1.82, 2.24) is 0 Å². The van der Waals surface area contributed by atoms with Crippen LogP contribution in [-0.2, 0) is 0 Å². The van der Waals surface area contributed by atoms with E-state index in [1.54, 1.807) is 0 Å². The van der Waals surface area contributed by atoms with Crippen LogP contribution in [0.4, 0.5) is 0 Å². The van der Waals surface area contributed by atoms with Gasteiger partial charge in [-0.1, -0.05) is 13.8 Å². The van der Waals surface area contributed by atoms with Crippen LogP contribution in [0.1, 0.15) is 39.5 Å². The monoisotopic (exact) mass is 153 g/mol. The van der Waals surface area contributed by atoms with Crippen LogP contribution >= 0.6 is 0 Å². The number of rotatable bonds is 0. The molecule has 2 saturated carbocycles. The molecule has 11 heavy (non-hydrogen) atoms. The normalized spacial score (nSPS) is 56.5. The van der Waals surface area contributed by atoms with E-state index in [4.69, 9.17) is 5.73 Å². The minimum Gasteiger partial charge on any atom is -0.328 e. The van der Waals surface area contributed by atoms with Crippen molar-refractivity contribution >= 4 is 0 Å². The molecule has 2 rings (SSSR count). The van der Waals surface area contributed by atoms with Gasteiger partial charge in [-0.25, -0.2) is 0 Å². The maximum absolute atomic E-state index is 6.00. The molecule has 0 radical (unpaired) electrons. The van der Waals surface area contributed by atoms with Gasteiger partial charge in [0.2, 0.25) is 0 Å². The summed E-state index contributed by atoms with van der Waals surface area (Å²) in [5.41, 5.74) is 6.70. The highest BCUT2D eigenvalue weighted by molar-refractivity contribution is 5.03. The van der Waals surface area contributed by atoms with Crippen molar-refractivity contribution in [2.24, 2.45) is 23.0 Å². The molecule has 0 aliphatic heterocycles. The van der Waals surface area contributed by atoms with Gasteiger partial charge in [-0.05, 0) is 42.9 Å². The van der Waals surface area contributed by atoms with Crippen LogP contribution in [0, 0.1) is 17.3 Å². The summed E-state index contributed by atoms with van der Waals surface area (Å²) in [7, 11) is 0. The lowest BCUT2D eigenvalue weighted by atomic mass is 9.93. The minimum atomic E-state index is 0.499. The van der Waals surface area contributed by atoms with Crippen LogP contribution < -0.4 is 5.73 Å². The first-order valence-electron chi connectivity index (χ1n) is 4.86. The Morgan fingerprint density at radius 2 is 2.00 bits per heavy atom. The van der Waals surface area contributed by atoms with Crippen LogP contribution in [-0.4, -0.2) is 6.04 Å². The smallest absolute Gasteiger partial charge is 0.00442 e. The van der Waals surface area contributed by atoms with Crippen molar-refractivity contribution in [1.29, 1.82) is 0 Å². The second-order valence-corrected chi connectivity index (χ2v) is 5.10. The summed E-state index contributed by atoms with van der Waals surface area (Å²) < 4.78 is 0. The topological polar surface area (TPSA) is 26.0 Å². The van der Waals surface area contributed by atoms with Crippen molar-refractivity contribution in [3.05, 3.63) is 0 Å². The third-order valence-corrected chi connectivity index (χ3v) is 3.65. The van der Waals surface area contributed by atoms with E-state index in [0.717, 1.165) is 11.8 Å². The van der Waals surface area contributed by atoms with Gasteiger partial charge in [0.05, 0.1) is 0 Å². The Morgan fingerprint density at radius 1 is 1.27 bits per heavy atom. The van der Waals surface area contributed by atoms with Gasteiger partial charge < -0.3 is 5.73 Å². The molecule has 2 aliphatic rings. The summed E-state index contributed by atoms with van der Waals surface area (Å²) >= 11 is 0. The molecule has 1 heteroatoms. The van der Waals surface area contributed by atoms with E-state index in [-0.39, 0.29) is 0 Å². The van der Waals surface area contributed by atoms with Gasteiger partial charge in [-0.3, -0.25) is 0 Å². The molecule has 0 amide bonds. The molecule has 4 atom stereocenters. The van der Waals surface area contributed by atoms with Crippen LogP contribution in [0.3, 0.4) is 0 Å². The van der Waals surface area contributed by atoms with Crippen LogP contribution in [0.5, 0.6) is 0 Å². The highest BCUT2D eigenvalue weighted by atomic mass is 14.7. The largest absolute Gasteiger partial charge is 0.328 e. The Kier molecular flexibility index (Phi) is 1.54. The van der Waals surface area contributed by atoms with Crippen molar-refractivity contribution in [2.75, 3.05) is 0 Å². The van der Waals surface area contributed by atoms with E-state index in [1.165, 1.54) is 25.7 Å². The van der Waals surface area contributed by atoms with E-state index in [0.29, 0.717) is 11.5 Å². The second kappa shape index (κ2) is 2.22. The predicted octanol–water partition coefficient (Wildman–Crippen LogP) is 2.16. The third kappa shape index (κ3) is 1.31. The molecule has 0 saturated heterocycles. The average Bonchev–Trinajstić information content (AvgIpc) is 2.38. The first-order chi connectivity index (χ1) is 5.10. The molecule has 0 bridgehead atoms. The van der Waals surface area contributed by atoms with Gasteiger partial charge in [0.25, 0.3) is 0 Å². The Labute approximate surface area is 69.4 Å². The molecule has 1 nitrogen and oxygen atoms in total. The van der Waals surface area contributed by atoms with Crippen LogP contribution in [0.25, 0.3) is 0 Å². The van der Waals surface area contributed by atoms with E-state index < -0.39 is 0 Å². The molecule has 1 unspecified atom stereocenters. The fourth-order valence-corrected chi connectivity index (χ4v) is 2.98. The summed E-state index contributed by atoms with van der Waals surface area (Å²) in [5, 5.41) is 0. The van der Waals surface area contributed by atoms with E-state index in [1.807, 2.05) is 0 Å². The minimum absolute atomic E-state index is 0.499. The van der Waals surface area contributed by atoms with Gasteiger partial charge in [0.1, 0.15) is 0 Å². The molecule has 2 fully saturated rings. The van der Waals surface area contributed by atoms with Crippen molar-refractivity contribution < 1.29 is 0 Å². The van der Waals surface area contributed by atoms with Gasteiger partial charge in [0, 0.05) is 6.04 Å². The molecular weight excluding hydrogens is 134 g/mol. The zero-order valence-electron chi connectivity index (χ0n) is 7.64. The Bertz CT molecular complexity index is 166. The molecule has 2 N–H and O–H groups in total. The molecule has 0 aromatic rings. The SMILES string of the molecule is C[C@@H]1C[C@@H](N)C[C@H]2CC2(C)C1. The predicted molar refractivity (Wildman–Crippen MR) is 47.2 cm³/mol. The number of hydrogen-bond donors (Lipinski definition) is 1. The molecule has 0 heterocycles.